The number of nitrogens with two attached hydrogens (primary N) is 1. The Balaban J connectivity index is 0.00000169. The van der Waals surface area contributed by atoms with Crippen molar-refractivity contribution in [2.24, 2.45) is 5.73 Å². The van der Waals surface area contributed by atoms with Gasteiger partial charge in [0.05, 0.1) is 26.4 Å². The molecule has 84 valence electrons. The van der Waals surface area contributed by atoms with Gasteiger partial charge in [0.2, 0.25) is 0 Å². The van der Waals surface area contributed by atoms with E-state index in [1.807, 2.05) is 0 Å². The van der Waals surface area contributed by atoms with Crippen LogP contribution in [0.3, 0.4) is 0 Å². The first kappa shape index (κ1) is 13.6. The molecule has 0 saturated carbocycles. The molecular formula is C8H16ClNO4. The monoisotopic (exact) mass is 225 g/mol. The predicted molar refractivity (Wildman–Crippen MR) is 52.2 cm³/mol. The van der Waals surface area contributed by atoms with Crippen LogP contribution < -0.4 is 5.73 Å². The summed E-state index contributed by atoms with van der Waals surface area (Å²) in [7, 11) is 1.30. The van der Waals surface area contributed by atoms with E-state index in [0.29, 0.717) is 12.8 Å². The highest BCUT2D eigenvalue weighted by atomic mass is 35.5. The molecule has 2 unspecified atom stereocenters. The largest absolute Gasteiger partial charge is 0.468 e. The van der Waals surface area contributed by atoms with Crippen LogP contribution in [0, 0.1) is 0 Å². The van der Waals surface area contributed by atoms with Crippen LogP contribution in [0.5, 0.6) is 0 Å². The Morgan fingerprint density at radius 2 is 2.43 bits per heavy atom. The Labute approximate surface area is 89.0 Å². The summed E-state index contributed by atoms with van der Waals surface area (Å²) in [5, 5.41) is 8.78. The summed E-state index contributed by atoms with van der Waals surface area (Å²) >= 11 is 0. The van der Waals surface area contributed by atoms with Crippen LogP contribution in [-0.2, 0) is 14.3 Å². The maximum absolute atomic E-state index is 11.2. The summed E-state index contributed by atoms with van der Waals surface area (Å²) in [5.41, 5.74) is 4.72. The number of halogens is 1. The summed E-state index contributed by atoms with van der Waals surface area (Å²) < 4.78 is 9.74. The second-order valence-electron chi connectivity index (χ2n) is 3.30. The Morgan fingerprint density at radius 3 is 2.79 bits per heavy atom. The van der Waals surface area contributed by atoms with Gasteiger partial charge < -0.3 is 20.3 Å². The van der Waals surface area contributed by atoms with Crippen molar-refractivity contribution in [1.82, 2.24) is 0 Å². The van der Waals surface area contributed by atoms with Crippen LogP contribution in [0.2, 0.25) is 0 Å². The number of ether oxygens (including phenoxy) is 2. The highest BCUT2D eigenvalue weighted by Crippen LogP contribution is 2.21. The SMILES string of the molecule is COC(=O)C1(N)CCC(CO)OC1.Cl. The van der Waals surface area contributed by atoms with E-state index in [-0.39, 0.29) is 31.7 Å². The zero-order valence-electron chi connectivity index (χ0n) is 8.06. The van der Waals surface area contributed by atoms with Gasteiger partial charge in [-0.3, -0.25) is 0 Å². The van der Waals surface area contributed by atoms with Crippen LogP contribution >= 0.6 is 12.4 Å². The topological polar surface area (TPSA) is 81.8 Å². The Kier molecular flexibility index (Phi) is 5.36. The van der Waals surface area contributed by atoms with Crippen molar-refractivity contribution in [3.8, 4) is 0 Å². The van der Waals surface area contributed by atoms with E-state index in [9.17, 15) is 4.79 Å². The third-order valence-electron chi connectivity index (χ3n) is 2.28. The van der Waals surface area contributed by atoms with Crippen LogP contribution in [0.25, 0.3) is 0 Å². The average molecular weight is 226 g/mol. The van der Waals surface area contributed by atoms with Crippen LogP contribution in [0.4, 0.5) is 0 Å². The van der Waals surface area contributed by atoms with Gasteiger partial charge in [-0.25, -0.2) is 4.79 Å². The number of aliphatic hydroxyl groups is 1. The minimum atomic E-state index is -1.03. The molecule has 1 saturated heterocycles. The Bertz CT molecular complexity index is 192. The van der Waals surface area contributed by atoms with E-state index in [0.717, 1.165) is 0 Å². The second kappa shape index (κ2) is 5.50. The summed E-state index contributed by atoms with van der Waals surface area (Å²) in [6.07, 6.45) is 0.883. The molecule has 0 radical (unpaired) electrons. The second-order valence-corrected chi connectivity index (χ2v) is 3.30. The zero-order chi connectivity index (χ0) is 9.90. The summed E-state index contributed by atoms with van der Waals surface area (Å²) in [4.78, 5) is 11.2. The molecule has 1 heterocycles. The summed E-state index contributed by atoms with van der Waals surface area (Å²) in [6, 6.07) is 0. The fraction of sp³-hybridized carbons (Fsp3) is 0.875. The van der Waals surface area contributed by atoms with Gasteiger partial charge in [-0.1, -0.05) is 0 Å². The van der Waals surface area contributed by atoms with E-state index < -0.39 is 11.5 Å². The quantitative estimate of drug-likeness (QED) is 0.617. The van der Waals surface area contributed by atoms with Gasteiger partial charge in [-0.05, 0) is 12.8 Å². The number of aliphatic hydroxyl groups excluding tert-OH is 1. The molecule has 0 bridgehead atoms. The highest BCUT2D eigenvalue weighted by molar-refractivity contribution is 5.85. The van der Waals surface area contributed by atoms with E-state index in [1.54, 1.807) is 0 Å². The van der Waals surface area contributed by atoms with Gasteiger partial charge in [0.25, 0.3) is 0 Å². The third-order valence-corrected chi connectivity index (χ3v) is 2.28. The van der Waals surface area contributed by atoms with Crippen molar-refractivity contribution in [2.45, 2.75) is 24.5 Å². The molecule has 0 aliphatic carbocycles. The number of carbonyl (C=O) groups excluding carboxylic acids is 1. The van der Waals surface area contributed by atoms with E-state index >= 15 is 0 Å². The lowest BCUT2D eigenvalue weighted by molar-refractivity contribution is -0.155. The molecular weight excluding hydrogens is 210 g/mol. The van der Waals surface area contributed by atoms with Gasteiger partial charge in [-0.15, -0.1) is 12.4 Å². The number of hydrogen-bond acceptors (Lipinski definition) is 5. The molecule has 0 amide bonds. The molecule has 14 heavy (non-hydrogen) atoms. The maximum atomic E-state index is 11.2. The van der Waals surface area contributed by atoms with E-state index in [2.05, 4.69) is 4.74 Å². The smallest absolute Gasteiger partial charge is 0.328 e. The number of methoxy groups -OCH3 is 1. The van der Waals surface area contributed by atoms with Crippen molar-refractivity contribution < 1.29 is 19.4 Å². The number of hydrogen-bond donors (Lipinski definition) is 2. The number of carbonyl (C=O) groups is 1. The first-order valence-electron chi connectivity index (χ1n) is 4.22. The summed E-state index contributed by atoms with van der Waals surface area (Å²) in [5.74, 6) is -0.455. The number of esters is 1. The van der Waals surface area contributed by atoms with Crippen LogP contribution in [0.15, 0.2) is 0 Å². The van der Waals surface area contributed by atoms with Gasteiger partial charge in [0.15, 0.2) is 0 Å². The van der Waals surface area contributed by atoms with Crippen molar-refractivity contribution in [3.05, 3.63) is 0 Å². The van der Waals surface area contributed by atoms with Crippen LogP contribution in [0.1, 0.15) is 12.8 Å². The number of rotatable bonds is 2. The predicted octanol–water partition coefficient (Wildman–Crippen LogP) is -0.550. The molecule has 0 aromatic heterocycles. The molecule has 6 heteroatoms. The van der Waals surface area contributed by atoms with Gasteiger partial charge >= 0.3 is 5.97 Å². The molecule has 1 aliphatic rings. The molecule has 1 aliphatic heterocycles. The van der Waals surface area contributed by atoms with Crippen LogP contribution in [-0.4, -0.2) is 43.0 Å². The van der Waals surface area contributed by atoms with Crippen molar-refractivity contribution >= 4 is 18.4 Å². The molecule has 0 spiro atoms. The Hall–Kier alpha value is -0.360. The molecule has 1 fully saturated rings. The molecule has 2 atom stereocenters. The first-order valence-corrected chi connectivity index (χ1v) is 4.22. The standard InChI is InChI=1S/C8H15NO4.ClH/c1-12-7(11)8(9)3-2-6(4-10)13-5-8;/h6,10H,2-5,9H2,1H3;1H. The first-order chi connectivity index (χ1) is 6.12. The fourth-order valence-electron chi connectivity index (χ4n) is 1.35. The average Bonchev–Trinajstić information content (AvgIpc) is 2.18. The third kappa shape index (κ3) is 2.81. The molecule has 0 aromatic rings. The molecule has 3 N–H and O–H groups in total. The van der Waals surface area contributed by atoms with Gasteiger partial charge in [0, 0.05) is 0 Å². The minimum absolute atomic E-state index is 0. The molecule has 5 nitrogen and oxygen atoms in total. The highest BCUT2D eigenvalue weighted by Gasteiger charge is 2.39. The maximum Gasteiger partial charge on any atom is 0.328 e. The lowest BCUT2D eigenvalue weighted by atomic mass is 9.91. The molecule has 0 aromatic carbocycles. The lowest BCUT2D eigenvalue weighted by Gasteiger charge is -2.33. The molecule has 1 rings (SSSR count). The van der Waals surface area contributed by atoms with Gasteiger partial charge in [-0.2, -0.15) is 0 Å². The van der Waals surface area contributed by atoms with Crippen molar-refractivity contribution in [1.29, 1.82) is 0 Å². The normalized spacial score (nSPS) is 31.8. The van der Waals surface area contributed by atoms with E-state index in [1.165, 1.54) is 7.11 Å². The van der Waals surface area contributed by atoms with E-state index in [4.69, 9.17) is 15.6 Å². The zero-order valence-corrected chi connectivity index (χ0v) is 8.88. The van der Waals surface area contributed by atoms with Crippen molar-refractivity contribution in [3.63, 3.8) is 0 Å². The van der Waals surface area contributed by atoms with Crippen molar-refractivity contribution in [2.75, 3.05) is 20.3 Å². The lowest BCUT2D eigenvalue weighted by Crippen LogP contribution is -2.56. The summed E-state index contributed by atoms with van der Waals surface area (Å²) in [6.45, 7) is 0.0855. The fourth-order valence-corrected chi connectivity index (χ4v) is 1.35. The Morgan fingerprint density at radius 1 is 1.79 bits per heavy atom. The minimum Gasteiger partial charge on any atom is -0.468 e. The van der Waals surface area contributed by atoms with Gasteiger partial charge in [0.1, 0.15) is 5.54 Å².